The van der Waals surface area contributed by atoms with Crippen LogP contribution in [0.2, 0.25) is 0 Å². The topological polar surface area (TPSA) is 41.5 Å². The molecule has 0 amide bonds. The van der Waals surface area contributed by atoms with E-state index in [2.05, 4.69) is 33.0 Å². The van der Waals surface area contributed by atoms with E-state index in [0.29, 0.717) is 18.3 Å². The lowest BCUT2D eigenvalue weighted by Gasteiger charge is -2.14. The number of halogens is 1. The van der Waals surface area contributed by atoms with Gasteiger partial charge in [-0.1, -0.05) is 27.7 Å². The third-order valence-corrected chi connectivity index (χ3v) is 4.83. The van der Waals surface area contributed by atoms with Gasteiger partial charge in [0.15, 0.2) is 0 Å². The smallest absolute Gasteiger partial charge is 0.123 e. The highest BCUT2D eigenvalue weighted by atomic mass is 19.1. The van der Waals surface area contributed by atoms with E-state index in [-0.39, 0.29) is 23.3 Å². The first kappa shape index (κ1) is 15.3. The molecule has 1 aromatic rings. The Labute approximate surface area is 120 Å². The van der Waals surface area contributed by atoms with Crippen molar-refractivity contribution in [3.63, 3.8) is 0 Å². The highest BCUT2D eigenvalue weighted by molar-refractivity contribution is 5.22. The van der Waals surface area contributed by atoms with Gasteiger partial charge in [0, 0.05) is 12.6 Å². The van der Waals surface area contributed by atoms with E-state index < -0.39 is 6.10 Å². The molecule has 1 aliphatic carbocycles. The van der Waals surface area contributed by atoms with Gasteiger partial charge in [0.05, 0.1) is 0 Å². The maximum Gasteiger partial charge on any atom is 0.123 e. The predicted octanol–water partition coefficient (Wildman–Crippen LogP) is 2.59. The molecule has 1 saturated carbocycles. The Morgan fingerprint density at radius 2 is 1.75 bits per heavy atom. The average Bonchev–Trinajstić information content (AvgIpc) is 2.76. The van der Waals surface area contributed by atoms with E-state index in [1.807, 2.05) is 0 Å². The van der Waals surface area contributed by atoms with Gasteiger partial charge in [0.1, 0.15) is 24.3 Å². The maximum atomic E-state index is 12.7. The molecule has 0 aromatic heterocycles. The van der Waals surface area contributed by atoms with Gasteiger partial charge in [0.25, 0.3) is 0 Å². The monoisotopic (exact) mass is 281 g/mol. The second-order valence-electron chi connectivity index (χ2n) is 6.70. The summed E-state index contributed by atoms with van der Waals surface area (Å²) in [6.45, 7) is 9.61. The summed E-state index contributed by atoms with van der Waals surface area (Å²) in [7, 11) is 0. The van der Waals surface area contributed by atoms with Gasteiger partial charge >= 0.3 is 0 Å². The summed E-state index contributed by atoms with van der Waals surface area (Å²) < 4.78 is 18.2. The summed E-state index contributed by atoms with van der Waals surface area (Å²) in [5.74, 6) is 0.273. The zero-order valence-electron chi connectivity index (χ0n) is 12.6. The summed E-state index contributed by atoms with van der Waals surface area (Å²) in [5, 5.41) is 13.3. The van der Waals surface area contributed by atoms with Gasteiger partial charge < -0.3 is 15.2 Å². The van der Waals surface area contributed by atoms with Crippen molar-refractivity contribution >= 4 is 0 Å². The quantitative estimate of drug-likeness (QED) is 0.842. The van der Waals surface area contributed by atoms with Crippen molar-refractivity contribution < 1.29 is 14.2 Å². The van der Waals surface area contributed by atoms with Crippen molar-refractivity contribution in [3.8, 4) is 5.75 Å². The second kappa shape index (κ2) is 5.34. The third kappa shape index (κ3) is 2.96. The summed E-state index contributed by atoms with van der Waals surface area (Å²) in [6.07, 6.45) is -0.577. The molecule has 1 fully saturated rings. The summed E-state index contributed by atoms with van der Waals surface area (Å²) >= 11 is 0. The van der Waals surface area contributed by atoms with Gasteiger partial charge in [0.2, 0.25) is 0 Å². The Bertz CT molecular complexity index is 442. The number of benzene rings is 1. The van der Waals surface area contributed by atoms with Crippen molar-refractivity contribution in [2.45, 2.75) is 39.8 Å². The normalized spacial score (nSPS) is 21.5. The van der Waals surface area contributed by atoms with Crippen molar-refractivity contribution in [3.05, 3.63) is 30.1 Å². The molecule has 3 nitrogen and oxygen atoms in total. The molecule has 20 heavy (non-hydrogen) atoms. The van der Waals surface area contributed by atoms with Gasteiger partial charge in [-0.05, 0) is 35.1 Å². The highest BCUT2D eigenvalue weighted by Gasteiger charge is 2.64. The zero-order valence-corrected chi connectivity index (χ0v) is 12.6. The molecule has 2 rings (SSSR count). The van der Waals surface area contributed by atoms with Crippen LogP contribution in [0.1, 0.15) is 27.7 Å². The van der Waals surface area contributed by atoms with E-state index in [1.165, 1.54) is 12.1 Å². The Kier molecular flexibility index (Phi) is 4.07. The highest BCUT2D eigenvalue weighted by Crippen LogP contribution is 2.62. The largest absolute Gasteiger partial charge is 0.491 e. The maximum absolute atomic E-state index is 12.7. The zero-order chi connectivity index (χ0) is 15.0. The summed E-state index contributed by atoms with van der Waals surface area (Å²) in [5.41, 5.74) is 0.509. The Morgan fingerprint density at radius 3 is 2.25 bits per heavy atom. The van der Waals surface area contributed by atoms with Crippen LogP contribution in [-0.2, 0) is 0 Å². The molecule has 0 heterocycles. The molecule has 0 saturated heterocycles. The standard InChI is InChI=1S/C16H24FNO2/c1-15(2)14(16(15,3)4)18-9-12(19)10-20-13-7-5-11(17)6-8-13/h5-8,12,14,18-19H,9-10H2,1-4H3. The Balaban J connectivity index is 1.71. The minimum atomic E-state index is -0.577. The Morgan fingerprint density at radius 1 is 1.20 bits per heavy atom. The molecular weight excluding hydrogens is 257 g/mol. The van der Waals surface area contributed by atoms with Crippen LogP contribution in [0, 0.1) is 16.6 Å². The van der Waals surface area contributed by atoms with Crippen LogP contribution >= 0.6 is 0 Å². The number of hydrogen-bond acceptors (Lipinski definition) is 3. The molecule has 2 N–H and O–H groups in total. The lowest BCUT2D eigenvalue weighted by Crippen LogP contribution is -2.34. The number of hydrogen-bond donors (Lipinski definition) is 2. The van der Waals surface area contributed by atoms with Crippen LogP contribution in [0.15, 0.2) is 24.3 Å². The minimum Gasteiger partial charge on any atom is -0.491 e. The van der Waals surface area contributed by atoms with Gasteiger partial charge in [-0.25, -0.2) is 4.39 Å². The van der Waals surface area contributed by atoms with Crippen LogP contribution < -0.4 is 10.1 Å². The van der Waals surface area contributed by atoms with E-state index in [9.17, 15) is 9.50 Å². The molecule has 1 atom stereocenters. The molecule has 0 aliphatic heterocycles. The minimum absolute atomic E-state index is 0.201. The third-order valence-electron chi connectivity index (χ3n) is 4.83. The van der Waals surface area contributed by atoms with Gasteiger partial charge in [-0.15, -0.1) is 0 Å². The molecule has 0 bridgehead atoms. The van der Waals surface area contributed by atoms with E-state index >= 15 is 0 Å². The van der Waals surface area contributed by atoms with Gasteiger partial charge in [-0.3, -0.25) is 0 Å². The first-order valence-corrected chi connectivity index (χ1v) is 7.05. The summed E-state index contributed by atoms with van der Waals surface area (Å²) in [6, 6.07) is 6.21. The molecule has 1 aromatic carbocycles. The van der Waals surface area contributed by atoms with E-state index in [4.69, 9.17) is 4.74 Å². The molecule has 0 radical (unpaired) electrons. The lowest BCUT2D eigenvalue weighted by molar-refractivity contribution is 0.105. The van der Waals surface area contributed by atoms with Crippen LogP contribution in [0.3, 0.4) is 0 Å². The van der Waals surface area contributed by atoms with E-state index in [1.54, 1.807) is 12.1 Å². The van der Waals surface area contributed by atoms with Crippen molar-refractivity contribution in [1.82, 2.24) is 5.32 Å². The molecule has 1 unspecified atom stereocenters. The number of rotatable bonds is 6. The second-order valence-corrected chi connectivity index (χ2v) is 6.70. The predicted molar refractivity (Wildman–Crippen MR) is 77.3 cm³/mol. The first-order valence-electron chi connectivity index (χ1n) is 7.05. The number of nitrogens with one attached hydrogen (secondary N) is 1. The van der Waals surface area contributed by atoms with Crippen LogP contribution in [0.5, 0.6) is 5.75 Å². The van der Waals surface area contributed by atoms with Crippen molar-refractivity contribution in [2.24, 2.45) is 10.8 Å². The fourth-order valence-corrected chi connectivity index (χ4v) is 2.74. The van der Waals surface area contributed by atoms with Crippen LogP contribution in [-0.4, -0.2) is 30.4 Å². The average molecular weight is 281 g/mol. The molecule has 112 valence electrons. The van der Waals surface area contributed by atoms with Crippen LogP contribution in [0.4, 0.5) is 4.39 Å². The SMILES string of the molecule is CC1(C)C(NCC(O)COc2ccc(F)cc2)C1(C)C. The van der Waals surface area contributed by atoms with Gasteiger partial charge in [-0.2, -0.15) is 0 Å². The fraction of sp³-hybridized carbons (Fsp3) is 0.625. The lowest BCUT2D eigenvalue weighted by atomic mass is 10.0. The van der Waals surface area contributed by atoms with Crippen LogP contribution in [0.25, 0.3) is 0 Å². The molecule has 4 heteroatoms. The molecule has 0 spiro atoms. The first-order chi connectivity index (χ1) is 9.25. The van der Waals surface area contributed by atoms with Crippen molar-refractivity contribution in [2.75, 3.05) is 13.2 Å². The number of ether oxygens (including phenoxy) is 1. The molecule has 1 aliphatic rings. The Hall–Kier alpha value is -1.13. The van der Waals surface area contributed by atoms with Crippen molar-refractivity contribution in [1.29, 1.82) is 0 Å². The summed E-state index contributed by atoms with van der Waals surface area (Å²) in [4.78, 5) is 0. The van der Waals surface area contributed by atoms with E-state index in [0.717, 1.165) is 0 Å². The number of aliphatic hydroxyl groups is 1. The fourth-order valence-electron chi connectivity index (χ4n) is 2.74. The molecular formula is C16H24FNO2. The number of aliphatic hydroxyl groups excluding tert-OH is 1.